The largest absolute Gasteiger partial charge is 0.378 e. The number of anilines is 1. The molecule has 2 rings (SSSR count). The minimum absolute atomic E-state index is 0.0901. The molecule has 2 aromatic carbocycles. The molecule has 0 saturated carbocycles. The van der Waals surface area contributed by atoms with Gasteiger partial charge < -0.3 is 4.90 Å². The van der Waals surface area contributed by atoms with Crippen molar-refractivity contribution < 1.29 is 14.0 Å². The molecule has 0 unspecified atom stereocenters. The van der Waals surface area contributed by atoms with E-state index in [9.17, 15) is 14.0 Å². The summed E-state index contributed by atoms with van der Waals surface area (Å²) in [4.78, 5) is 25.9. The molecule has 2 aromatic rings. The number of carbonyl (C=O) groups excluding carboxylic acids is 2. The van der Waals surface area contributed by atoms with Crippen LogP contribution in [0.4, 0.5) is 10.1 Å². The molecule has 7 heteroatoms. The molecule has 5 nitrogen and oxygen atoms in total. The van der Waals surface area contributed by atoms with Crippen LogP contribution in [0.15, 0.2) is 46.9 Å². The van der Waals surface area contributed by atoms with Crippen molar-refractivity contribution in [1.29, 1.82) is 0 Å². The Morgan fingerprint density at radius 3 is 2.43 bits per heavy atom. The molecule has 23 heavy (non-hydrogen) atoms. The minimum Gasteiger partial charge on any atom is -0.378 e. The van der Waals surface area contributed by atoms with Gasteiger partial charge in [0.25, 0.3) is 11.8 Å². The number of halogens is 2. The molecule has 0 aliphatic carbocycles. The standard InChI is InChI=1S/C16H15BrFN3O2/c1-21(2)12-5-3-4-10(8-12)15(22)19-20-16(23)13-9-11(18)6-7-14(13)17/h3-9H,1-2H3,(H,19,22)(H,20,23). The van der Waals surface area contributed by atoms with E-state index in [2.05, 4.69) is 26.8 Å². The summed E-state index contributed by atoms with van der Waals surface area (Å²) in [6.45, 7) is 0. The van der Waals surface area contributed by atoms with Gasteiger partial charge in [-0.3, -0.25) is 20.4 Å². The minimum atomic E-state index is -0.617. The fourth-order valence-corrected chi connectivity index (χ4v) is 2.28. The molecule has 0 aliphatic heterocycles. The Morgan fingerprint density at radius 1 is 1.04 bits per heavy atom. The van der Waals surface area contributed by atoms with E-state index in [4.69, 9.17) is 0 Å². The van der Waals surface area contributed by atoms with Crippen LogP contribution >= 0.6 is 15.9 Å². The van der Waals surface area contributed by atoms with E-state index >= 15 is 0 Å². The number of amides is 2. The Bertz CT molecular complexity index is 750. The van der Waals surface area contributed by atoms with Gasteiger partial charge >= 0.3 is 0 Å². The molecule has 0 heterocycles. The number of rotatable bonds is 3. The van der Waals surface area contributed by atoms with Crippen LogP contribution in [0.5, 0.6) is 0 Å². The zero-order valence-corrected chi connectivity index (χ0v) is 14.1. The average Bonchev–Trinajstić information content (AvgIpc) is 2.54. The van der Waals surface area contributed by atoms with E-state index in [1.165, 1.54) is 12.1 Å². The molecule has 0 fully saturated rings. The van der Waals surface area contributed by atoms with Gasteiger partial charge in [-0.15, -0.1) is 0 Å². The molecule has 120 valence electrons. The van der Waals surface area contributed by atoms with Gasteiger partial charge in [-0.1, -0.05) is 6.07 Å². The lowest BCUT2D eigenvalue weighted by Crippen LogP contribution is -2.41. The number of hydrogen-bond donors (Lipinski definition) is 2. The van der Waals surface area contributed by atoms with Crippen LogP contribution in [0.2, 0.25) is 0 Å². The topological polar surface area (TPSA) is 61.4 Å². The second-order valence-electron chi connectivity index (χ2n) is 4.98. The van der Waals surface area contributed by atoms with Crippen LogP contribution in [0.1, 0.15) is 20.7 Å². The van der Waals surface area contributed by atoms with Gasteiger partial charge in [-0.2, -0.15) is 0 Å². The Kier molecular flexibility index (Phi) is 5.33. The lowest BCUT2D eigenvalue weighted by Gasteiger charge is -2.14. The third-order valence-corrected chi connectivity index (χ3v) is 3.78. The molecule has 0 aliphatic rings. The highest BCUT2D eigenvalue weighted by atomic mass is 79.9. The molecule has 2 N–H and O–H groups in total. The van der Waals surface area contributed by atoms with E-state index in [-0.39, 0.29) is 5.56 Å². The molecule has 0 saturated heterocycles. The molecular weight excluding hydrogens is 365 g/mol. The van der Waals surface area contributed by atoms with Crippen molar-refractivity contribution >= 4 is 33.4 Å². The van der Waals surface area contributed by atoms with Crippen molar-refractivity contribution in [3.05, 3.63) is 63.9 Å². The summed E-state index contributed by atoms with van der Waals surface area (Å²) in [6.07, 6.45) is 0. The summed E-state index contributed by atoms with van der Waals surface area (Å²) in [6, 6.07) is 10.7. The van der Waals surface area contributed by atoms with Crippen LogP contribution in [-0.2, 0) is 0 Å². The average molecular weight is 380 g/mol. The van der Waals surface area contributed by atoms with Gasteiger partial charge in [-0.25, -0.2) is 4.39 Å². The van der Waals surface area contributed by atoms with Crippen molar-refractivity contribution in [1.82, 2.24) is 10.9 Å². The quantitative estimate of drug-likeness (QED) is 0.806. The molecule has 0 aromatic heterocycles. The van der Waals surface area contributed by atoms with E-state index in [0.29, 0.717) is 10.0 Å². The maximum atomic E-state index is 13.2. The summed E-state index contributed by atoms with van der Waals surface area (Å²) in [7, 11) is 3.72. The van der Waals surface area contributed by atoms with Gasteiger partial charge in [0.05, 0.1) is 5.56 Å². The fourth-order valence-electron chi connectivity index (χ4n) is 1.85. The summed E-state index contributed by atoms with van der Waals surface area (Å²) in [5, 5.41) is 0. The zero-order chi connectivity index (χ0) is 17.0. The maximum Gasteiger partial charge on any atom is 0.270 e. The third kappa shape index (κ3) is 4.29. The summed E-state index contributed by atoms with van der Waals surface area (Å²) in [5.74, 6) is -1.62. The fraction of sp³-hybridized carbons (Fsp3) is 0.125. The first kappa shape index (κ1) is 17.0. The second kappa shape index (κ2) is 7.23. The monoisotopic (exact) mass is 379 g/mol. The SMILES string of the molecule is CN(C)c1cccc(C(=O)NNC(=O)c2cc(F)ccc2Br)c1. The predicted molar refractivity (Wildman–Crippen MR) is 89.8 cm³/mol. The molecule has 2 amide bonds. The summed E-state index contributed by atoms with van der Waals surface area (Å²) < 4.78 is 13.6. The summed E-state index contributed by atoms with van der Waals surface area (Å²) in [5.41, 5.74) is 5.92. The van der Waals surface area contributed by atoms with E-state index in [0.717, 1.165) is 11.8 Å². The van der Waals surface area contributed by atoms with E-state index in [1.54, 1.807) is 18.2 Å². The van der Waals surface area contributed by atoms with Crippen LogP contribution in [0.3, 0.4) is 0 Å². The molecule has 0 atom stereocenters. The van der Waals surface area contributed by atoms with Gasteiger partial charge in [0, 0.05) is 29.8 Å². The van der Waals surface area contributed by atoms with E-state index < -0.39 is 17.6 Å². The van der Waals surface area contributed by atoms with Gasteiger partial charge in [-0.05, 0) is 52.3 Å². The number of hydrogen-bond acceptors (Lipinski definition) is 3. The van der Waals surface area contributed by atoms with Crippen LogP contribution in [0, 0.1) is 5.82 Å². The zero-order valence-electron chi connectivity index (χ0n) is 12.6. The van der Waals surface area contributed by atoms with Crippen LogP contribution in [-0.4, -0.2) is 25.9 Å². The highest BCUT2D eigenvalue weighted by Crippen LogP contribution is 2.17. The van der Waals surface area contributed by atoms with Crippen molar-refractivity contribution in [2.24, 2.45) is 0 Å². The van der Waals surface area contributed by atoms with Crippen molar-refractivity contribution in [3.8, 4) is 0 Å². The molecule has 0 spiro atoms. The van der Waals surface area contributed by atoms with Gasteiger partial charge in [0.2, 0.25) is 0 Å². The smallest absolute Gasteiger partial charge is 0.270 e. The first-order chi connectivity index (χ1) is 10.9. The Labute approximate surface area is 141 Å². The number of hydrazine groups is 1. The number of nitrogens with one attached hydrogen (secondary N) is 2. The predicted octanol–water partition coefficient (Wildman–Crippen LogP) is 2.73. The first-order valence-corrected chi connectivity index (χ1v) is 7.51. The Morgan fingerprint density at radius 2 is 1.74 bits per heavy atom. The van der Waals surface area contributed by atoms with Gasteiger partial charge in [0.15, 0.2) is 0 Å². The Hall–Kier alpha value is -2.41. The third-order valence-electron chi connectivity index (χ3n) is 3.09. The maximum absolute atomic E-state index is 13.2. The lowest BCUT2D eigenvalue weighted by molar-refractivity contribution is 0.0846. The summed E-state index contributed by atoms with van der Waals surface area (Å²) >= 11 is 3.16. The molecule has 0 radical (unpaired) electrons. The number of carbonyl (C=O) groups is 2. The second-order valence-corrected chi connectivity index (χ2v) is 5.83. The van der Waals surface area contributed by atoms with Gasteiger partial charge in [0.1, 0.15) is 5.82 Å². The van der Waals surface area contributed by atoms with Crippen molar-refractivity contribution in [2.75, 3.05) is 19.0 Å². The first-order valence-electron chi connectivity index (χ1n) is 6.71. The lowest BCUT2D eigenvalue weighted by atomic mass is 10.2. The van der Waals surface area contributed by atoms with Crippen LogP contribution in [0.25, 0.3) is 0 Å². The molecule has 0 bridgehead atoms. The number of benzene rings is 2. The Balaban J connectivity index is 2.05. The highest BCUT2D eigenvalue weighted by Gasteiger charge is 2.13. The van der Waals surface area contributed by atoms with E-state index in [1.807, 2.05) is 25.1 Å². The normalized spacial score (nSPS) is 10.1. The van der Waals surface area contributed by atoms with Crippen molar-refractivity contribution in [3.63, 3.8) is 0 Å². The van der Waals surface area contributed by atoms with Crippen molar-refractivity contribution in [2.45, 2.75) is 0 Å². The van der Waals surface area contributed by atoms with Crippen LogP contribution < -0.4 is 15.8 Å². The highest BCUT2D eigenvalue weighted by molar-refractivity contribution is 9.10. The molecular formula is C16H15BrFN3O2. The number of nitrogens with zero attached hydrogens (tertiary/aromatic N) is 1.